The second-order valence-corrected chi connectivity index (χ2v) is 8.54. The van der Waals surface area contributed by atoms with E-state index in [1.54, 1.807) is 0 Å². The van der Waals surface area contributed by atoms with Gasteiger partial charge in [0.1, 0.15) is 0 Å². The van der Waals surface area contributed by atoms with Gasteiger partial charge in [-0.2, -0.15) is 0 Å². The molecule has 0 radical (unpaired) electrons. The Morgan fingerprint density at radius 1 is 1.15 bits per heavy atom. The summed E-state index contributed by atoms with van der Waals surface area (Å²) >= 11 is 6.07. The lowest BCUT2D eigenvalue weighted by atomic mass is 10.1. The summed E-state index contributed by atoms with van der Waals surface area (Å²) in [5.41, 5.74) is 0.839. The van der Waals surface area contributed by atoms with Crippen LogP contribution in [0.5, 0.6) is 0 Å². The van der Waals surface area contributed by atoms with Crippen molar-refractivity contribution in [3.8, 4) is 0 Å². The van der Waals surface area contributed by atoms with Crippen LogP contribution in [-0.4, -0.2) is 68.1 Å². The predicted molar refractivity (Wildman–Crippen MR) is 109 cm³/mol. The first kappa shape index (κ1) is 21.5. The molecule has 1 aliphatic heterocycles. The Balaban J connectivity index is 1.83. The van der Waals surface area contributed by atoms with E-state index in [0.717, 1.165) is 35.2 Å². The Kier molecular flexibility index (Phi) is 7.50. The summed E-state index contributed by atoms with van der Waals surface area (Å²) in [7, 11) is 0. The van der Waals surface area contributed by atoms with Crippen LogP contribution in [0, 0.1) is 0 Å². The van der Waals surface area contributed by atoms with Crippen molar-refractivity contribution in [2.75, 3.05) is 50.7 Å². The number of nitrogens with zero attached hydrogens (tertiary/aromatic N) is 2. The van der Waals surface area contributed by atoms with Gasteiger partial charge in [0.05, 0.1) is 6.54 Å². The van der Waals surface area contributed by atoms with E-state index in [0.29, 0.717) is 26.2 Å². The minimum absolute atomic E-state index is 0.0158. The highest BCUT2D eigenvalue weighted by Crippen LogP contribution is 2.20. The van der Waals surface area contributed by atoms with E-state index < -0.39 is 0 Å². The van der Waals surface area contributed by atoms with Gasteiger partial charge in [-0.3, -0.25) is 9.59 Å². The summed E-state index contributed by atoms with van der Waals surface area (Å²) in [6.45, 7) is 12.3. The number of rotatable bonds is 6. The van der Waals surface area contributed by atoms with Crippen molar-refractivity contribution < 1.29 is 14.5 Å². The number of carbonyl (C=O) groups excluding carboxylic acids is 2. The van der Waals surface area contributed by atoms with Crippen molar-refractivity contribution in [3.63, 3.8) is 0 Å². The molecule has 27 heavy (non-hydrogen) atoms. The minimum atomic E-state index is -0.253. The second-order valence-electron chi connectivity index (χ2n) is 8.10. The van der Waals surface area contributed by atoms with E-state index in [2.05, 4.69) is 10.2 Å². The zero-order valence-electron chi connectivity index (χ0n) is 16.8. The van der Waals surface area contributed by atoms with Crippen LogP contribution >= 0.6 is 11.6 Å². The molecule has 2 N–H and O–H groups in total. The normalized spacial score (nSPS) is 16.2. The van der Waals surface area contributed by atoms with Gasteiger partial charge in [-0.25, -0.2) is 0 Å². The number of carbonyl (C=O) groups is 2. The van der Waals surface area contributed by atoms with Gasteiger partial charge in [-0.1, -0.05) is 17.7 Å². The first-order chi connectivity index (χ1) is 12.7. The average molecular weight is 396 g/mol. The largest absolute Gasteiger partial charge is 0.368 e. The average Bonchev–Trinajstić information content (AvgIpc) is 2.59. The molecule has 0 aliphatic carbocycles. The third kappa shape index (κ3) is 7.03. The summed E-state index contributed by atoms with van der Waals surface area (Å²) in [4.78, 5) is 29.9. The number of hydrogen-bond acceptors (Lipinski definition) is 3. The van der Waals surface area contributed by atoms with Crippen molar-refractivity contribution in [1.82, 2.24) is 10.2 Å². The maximum atomic E-state index is 12.7. The van der Waals surface area contributed by atoms with Gasteiger partial charge in [0.2, 0.25) is 0 Å². The highest BCUT2D eigenvalue weighted by molar-refractivity contribution is 6.30. The molecule has 1 aliphatic rings. The van der Waals surface area contributed by atoms with Gasteiger partial charge in [0.25, 0.3) is 11.8 Å². The van der Waals surface area contributed by atoms with Crippen LogP contribution in [0.25, 0.3) is 0 Å². The molecular weight excluding hydrogens is 364 g/mol. The maximum Gasteiger partial charge on any atom is 0.277 e. The van der Waals surface area contributed by atoms with Crippen LogP contribution in [0.1, 0.15) is 27.7 Å². The SMILES string of the molecule is CC[NH+](CC(=O)NC(C)(C)C)CC(=O)N1CCN(c2cccc(Cl)c2)CC1. The highest BCUT2D eigenvalue weighted by Gasteiger charge is 2.26. The third-order valence-electron chi connectivity index (χ3n) is 4.63. The Labute approximate surface area is 167 Å². The fraction of sp³-hybridized carbons (Fsp3) is 0.600. The van der Waals surface area contributed by atoms with Crippen molar-refractivity contribution in [2.24, 2.45) is 0 Å². The van der Waals surface area contributed by atoms with Crippen LogP contribution < -0.4 is 15.1 Å². The molecular formula is C20H32ClN4O2+. The molecule has 2 amide bonds. The molecule has 2 rings (SSSR count). The quantitative estimate of drug-likeness (QED) is 0.749. The Bertz CT molecular complexity index is 652. The second kappa shape index (κ2) is 9.42. The summed E-state index contributed by atoms with van der Waals surface area (Å²) in [6, 6.07) is 7.80. The Morgan fingerprint density at radius 2 is 1.81 bits per heavy atom. The first-order valence-corrected chi connectivity index (χ1v) is 9.98. The maximum absolute atomic E-state index is 12.7. The molecule has 1 saturated heterocycles. The molecule has 0 bridgehead atoms. The molecule has 1 heterocycles. The lowest BCUT2D eigenvalue weighted by Crippen LogP contribution is -3.14. The lowest BCUT2D eigenvalue weighted by Gasteiger charge is -2.36. The van der Waals surface area contributed by atoms with Crippen molar-refractivity contribution in [2.45, 2.75) is 33.2 Å². The van der Waals surface area contributed by atoms with E-state index in [9.17, 15) is 9.59 Å². The smallest absolute Gasteiger partial charge is 0.277 e. The molecule has 1 fully saturated rings. The number of hydrogen-bond donors (Lipinski definition) is 2. The van der Waals surface area contributed by atoms with Gasteiger partial charge in [-0.05, 0) is 45.9 Å². The van der Waals surface area contributed by atoms with E-state index in [1.807, 2.05) is 56.9 Å². The number of halogens is 1. The van der Waals surface area contributed by atoms with Crippen LogP contribution in [0.3, 0.4) is 0 Å². The molecule has 1 aromatic rings. The number of likely N-dealkylation sites (N-methyl/N-ethyl adjacent to an activating group) is 1. The van der Waals surface area contributed by atoms with Crippen molar-refractivity contribution >= 4 is 29.1 Å². The molecule has 7 heteroatoms. The third-order valence-corrected chi connectivity index (χ3v) is 4.87. The molecule has 0 aromatic heterocycles. The zero-order chi connectivity index (χ0) is 20.0. The fourth-order valence-electron chi connectivity index (χ4n) is 3.21. The number of amides is 2. The van der Waals surface area contributed by atoms with Gasteiger partial charge in [0, 0.05) is 42.4 Å². The summed E-state index contributed by atoms with van der Waals surface area (Å²) < 4.78 is 0. The zero-order valence-corrected chi connectivity index (χ0v) is 17.6. The van der Waals surface area contributed by atoms with Gasteiger partial charge >= 0.3 is 0 Å². The highest BCUT2D eigenvalue weighted by atomic mass is 35.5. The van der Waals surface area contributed by atoms with Crippen molar-refractivity contribution in [3.05, 3.63) is 29.3 Å². The molecule has 6 nitrogen and oxygen atoms in total. The van der Waals surface area contributed by atoms with Crippen LogP contribution in [0.4, 0.5) is 5.69 Å². The topological polar surface area (TPSA) is 57.1 Å². The Hall–Kier alpha value is -1.79. The number of anilines is 1. The van der Waals surface area contributed by atoms with Gasteiger partial charge in [-0.15, -0.1) is 0 Å². The first-order valence-electron chi connectivity index (χ1n) is 9.61. The van der Waals surface area contributed by atoms with Crippen LogP contribution in [0.15, 0.2) is 24.3 Å². The monoisotopic (exact) mass is 395 g/mol. The van der Waals surface area contributed by atoms with E-state index in [-0.39, 0.29) is 17.4 Å². The van der Waals surface area contributed by atoms with E-state index >= 15 is 0 Å². The molecule has 1 aromatic carbocycles. The number of nitrogens with one attached hydrogen (secondary N) is 2. The number of quaternary nitrogens is 1. The summed E-state index contributed by atoms with van der Waals surface area (Å²) in [5, 5.41) is 3.69. The van der Waals surface area contributed by atoms with Gasteiger partial charge in [0.15, 0.2) is 13.1 Å². The van der Waals surface area contributed by atoms with Gasteiger partial charge < -0.3 is 20.0 Å². The number of piperazine rings is 1. The fourth-order valence-corrected chi connectivity index (χ4v) is 3.40. The van der Waals surface area contributed by atoms with E-state index in [4.69, 9.17) is 11.6 Å². The summed E-state index contributed by atoms with van der Waals surface area (Å²) in [5.74, 6) is 0.0964. The van der Waals surface area contributed by atoms with Crippen LogP contribution in [-0.2, 0) is 9.59 Å². The van der Waals surface area contributed by atoms with E-state index in [1.165, 1.54) is 0 Å². The standard InChI is InChI=1S/C20H31ClN4O2/c1-5-23(14-18(26)22-20(2,3)4)15-19(27)25-11-9-24(10-12-25)17-8-6-7-16(21)13-17/h6-8,13H,5,9-12,14-15H2,1-4H3,(H,22,26)/p+1. The molecule has 0 spiro atoms. The molecule has 1 unspecified atom stereocenters. The lowest BCUT2D eigenvalue weighted by molar-refractivity contribution is -0.882. The number of benzene rings is 1. The minimum Gasteiger partial charge on any atom is -0.368 e. The molecule has 150 valence electrons. The molecule has 0 saturated carbocycles. The molecule has 1 atom stereocenters. The Morgan fingerprint density at radius 3 is 2.37 bits per heavy atom. The predicted octanol–water partition coefficient (Wildman–Crippen LogP) is 0.808. The van der Waals surface area contributed by atoms with Crippen LogP contribution in [0.2, 0.25) is 5.02 Å². The van der Waals surface area contributed by atoms with Crippen molar-refractivity contribution in [1.29, 1.82) is 0 Å². The summed E-state index contributed by atoms with van der Waals surface area (Å²) in [6.07, 6.45) is 0.